The van der Waals surface area contributed by atoms with Crippen LogP contribution in [0.2, 0.25) is 0 Å². The molecule has 0 radical (unpaired) electrons. The maximum absolute atomic E-state index is 11.8. The van der Waals surface area contributed by atoms with Crippen LogP contribution in [0.5, 0.6) is 0 Å². The quantitative estimate of drug-likeness (QED) is 0.769. The minimum atomic E-state index is -0.324. The number of hydrogen-bond donors (Lipinski definition) is 2. The molecule has 1 heterocycles. The first-order valence-electron chi connectivity index (χ1n) is 7.56. The van der Waals surface area contributed by atoms with Crippen LogP contribution in [0.3, 0.4) is 0 Å². The van der Waals surface area contributed by atoms with E-state index < -0.39 is 0 Å². The fourth-order valence-electron chi connectivity index (χ4n) is 2.03. The lowest BCUT2D eigenvalue weighted by Crippen LogP contribution is -2.32. The summed E-state index contributed by atoms with van der Waals surface area (Å²) >= 11 is 0. The molecule has 0 bridgehead atoms. The molecule has 0 spiro atoms. The van der Waals surface area contributed by atoms with Gasteiger partial charge >= 0.3 is 6.03 Å². The van der Waals surface area contributed by atoms with E-state index >= 15 is 0 Å². The van der Waals surface area contributed by atoms with Crippen LogP contribution in [-0.2, 0) is 17.9 Å². The number of anilines is 1. The predicted octanol–water partition coefficient (Wildman–Crippen LogP) is 2.21. The minimum absolute atomic E-state index is 0.0900. The number of rotatable bonds is 7. The highest BCUT2D eigenvalue weighted by molar-refractivity contribution is 5.88. The van der Waals surface area contributed by atoms with E-state index in [0.29, 0.717) is 32.0 Å². The summed E-state index contributed by atoms with van der Waals surface area (Å²) in [4.78, 5) is 23.2. The van der Waals surface area contributed by atoms with Crippen LogP contribution >= 0.6 is 0 Å². The van der Waals surface area contributed by atoms with Gasteiger partial charge in [-0.1, -0.05) is 30.3 Å². The van der Waals surface area contributed by atoms with Crippen molar-refractivity contribution >= 4 is 11.7 Å². The van der Waals surface area contributed by atoms with Gasteiger partial charge in [-0.05, 0) is 18.6 Å². The second-order valence-corrected chi connectivity index (χ2v) is 4.96. The number of benzene rings is 1. The molecule has 0 aliphatic rings. The van der Waals surface area contributed by atoms with Gasteiger partial charge in [0.1, 0.15) is 0 Å². The van der Waals surface area contributed by atoms with Crippen LogP contribution in [0.15, 0.2) is 53.5 Å². The molecule has 23 heavy (non-hydrogen) atoms. The molecule has 0 fully saturated rings. The average Bonchev–Trinajstić information content (AvgIpc) is 2.57. The maximum atomic E-state index is 11.8. The number of nitrogens with one attached hydrogen (secondary N) is 2. The Morgan fingerprint density at radius 1 is 1.17 bits per heavy atom. The summed E-state index contributed by atoms with van der Waals surface area (Å²) in [6, 6.07) is 12.5. The van der Waals surface area contributed by atoms with Gasteiger partial charge in [0.05, 0.1) is 18.9 Å². The standard InChI is InChI=1S/C17H21N3O3/c1-2-20-12-15(8-9-16(20)21)19-17(22)18-10-11-23-13-14-6-4-3-5-7-14/h3-9,12H,2,10-11,13H2,1H3,(H2,18,19,22). The zero-order valence-corrected chi connectivity index (χ0v) is 13.1. The first-order chi connectivity index (χ1) is 11.2. The van der Waals surface area contributed by atoms with E-state index in [1.165, 1.54) is 10.6 Å². The number of aromatic nitrogens is 1. The Morgan fingerprint density at radius 3 is 2.70 bits per heavy atom. The summed E-state index contributed by atoms with van der Waals surface area (Å²) in [5, 5.41) is 5.39. The molecule has 2 N–H and O–H groups in total. The number of urea groups is 1. The third-order valence-corrected chi connectivity index (χ3v) is 3.23. The second kappa shape index (κ2) is 8.75. The number of ether oxygens (including phenoxy) is 1. The largest absolute Gasteiger partial charge is 0.375 e. The fourth-order valence-corrected chi connectivity index (χ4v) is 2.03. The van der Waals surface area contributed by atoms with Gasteiger partial charge in [-0.3, -0.25) is 4.79 Å². The van der Waals surface area contributed by atoms with Crippen LogP contribution in [0, 0.1) is 0 Å². The van der Waals surface area contributed by atoms with Crippen LogP contribution in [0.1, 0.15) is 12.5 Å². The normalized spacial score (nSPS) is 10.3. The van der Waals surface area contributed by atoms with Gasteiger partial charge in [-0.25, -0.2) is 4.79 Å². The number of carbonyl (C=O) groups is 1. The number of nitrogens with zero attached hydrogens (tertiary/aromatic N) is 1. The van der Waals surface area contributed by atoms with Crippen LogP contribution < -0.4 is 16.2 Å². The van der Waals surface area contributed by atoms with Crippen molar-refractivity contribution in [2.75, 3.05) is 18.5 Å². The van der Waals surface area contributed by atoms with Crippen molar-refractivity contribution in [1.29, 1.82) is 0 Å². The Bertz CT molecular complexity index is 683. The van der Waals surface area contributed by atoms with Crippen LogP contribution in [0.4, 0.5) is 10.5 Å². The van der Waals surface area contributed by atoms with E-state index in [4.69, 9.17) is 4.74 Å². The van der Waals surface area contributed by atoms with Gasteiger partial charge in [0.25, 0.3) is 5.56 Å². The van der Waals surface area contributed by atoms with Gasteiger partial charge in [0.15, 0.2) is 0 Å². The maximum Gasteiger partial charge on any atom is 0.319 e. The number of amides is 2. The Labute approximate surface area is 135 Å². The zero-order chi connectivity index (χ0) is 16.5. The summed E-state index contributed by atoms with van der Waals surface area (Å²) in [6.45, 7) is 3.78. The lowest BCUT2D eigenvalue weighted by atomic mass is 10.2. The summed E-state index contributed by atoms with van der Waals surface area (Å²) in [5.41, 5.74) is 1.58. The number of pyridine rings is 1. The molecule has 0 unspecified atom stereocenters. The number of hydrogen-bond acceptors (Lipinski definition) is 3. The summed E-state index contributed by atoms with van der Waals surface area (Å²) in [7, 11) is 0. The van der Waals surface area contributed by atoms with Crippen molar-refractivity contribution in [3.8, 4) is 0 Å². The van der Waals surface area contributed by atoms with Crippen molar-refractivity contribution in [3.05, 3.63) is 64.6 Å². The van der Waals surface area contributed by atoms with Gasteiger partial charge in [-0.15, -0.1) is 0 Å². The molecule has 2 aromatic rings. The van der Waals surface area contributed by atoms with Gasteiger partial charge < -0.3 is 19.9 Å². The van der Waals surface area contributed by atoms with Crippen molar-refractivity contribution in [1.82, 2.24) is 9.88 Å². The highest BCUT2D eigenvalue weighted by Crippen LogP contribution is 2.03. The van der Waals surface area contributed by atoms with Gasteiger partial charge in [0.2, 0.25) is 0 Å². The molecular formula is C17H21N3O3. The van der Waals surface area contributed by atoms with E-state index in [1.807, 2.05) is 37.3 Å². The SMILES string of the molecule is CCn1cc(NC(=O)NCCOCc2ccccc2)ccc1=O. The molecule has 0 atom stereocenters. The molecule has 2 amide bonds. The summed E-state index contributed by atoms with van der Waals surface area (Å²) < 4.78 is 7.01. The summed E-state index contributed by atoms with van der Waals surface area (Å²) in [6.07, 6.45) is 1.62. The molecule has 2 rings (SSSR count). The van der Waals surface area contributed by atoms with Crippen molar-refractivity contribution in [3.63, 3.8) is 0 Å². The molecule has 1 aromatic carbocycles. The smallest absolute Gasteiger partial charge is 0.319 e. The second-order valence-electron chi connectivity index (χ2n) is 4.96. The number of carbonyl (C=O) groups excluding carboxylic acids is 1. The van der Waals surface area contributed by atoms with E-state index in [0.717, 1.165) is 5.56 Å². The van der Waals surface area contributed by atoms with Crippen LogP contribution in [-0.4, -0.2) is 23.7 Å². The average molecular weight is 315 g/mol. The van der Waals surface area contributed by atoms with Crippen molar-refractivity contribution in [2.45, 2.75) is 20.1 Å². The molecule has 0 aliphatic heterocycles. The lowest BCUT2D eigenvalue weighted by Gasteiger charge is -2.09. The minimum Gasteiger partial charge on any atom is -0.375 e. The zero-order valence-electron chi connectivity index (χ0n) is 13.1. The highest BCUT2D eigenvalue weighted by Gasteiger charge is 2.02. The van der Waals surface area contributed by atoms with Crippen molar-refractivity contribution < 1.29 is 9.53 Å². The van der Waals surface area contributed by atoms with Gasteiger partial charge in [-0.2, -0.15) is 0 Å². The van der Waals surface area contributed by atoms with E-state index in [9.17, 15) is 9.59 Å². The Hall–Kier alpha value is -2.60. The Kier molecular flexibility index (Phi) is 6.38. The lowest BCUT2D eigenvalue weighted by molar-refractivity contribution is 0.124. The molecule has 0 saturated carbocycles. The first kappa shape index (κ1) is 16.8. The topological polar surface area (TPSA) is 72.4 Å². The van der Waals surface area contributed by atoms with Crippen molar-refractivity contribution in [2.24, 2.45) is 0 Å². The van der Waals surface area contributed by atoms with E-state index in [2.05, 4.69) is 10.6 Å². The Morgan fingerprint density at radius 2 is 1.96 bits per heavy atom. The van der Waals surface area contributed by atoms with E-state index in [1.54, 1.807) is 12.3 Å². The number of aryl methyl sites for hydroxylation is 1. The van der Waals surface area contributed by atoms with Gasteiger partial charge in [0, 0.05) is 25.4 Å². The predicted molar refractivity (Wildman–Crippen MR) is 89.5 cm³/mol. The molecule has 122 valence electrons. The fraction of sp³-hybridized carbons (Fsp3) is 0.294. The molecule has 1 aromatic heterocycles. The third-order valence-electron chi connectivity index (χ3n) is 3.23. The first-order valence-corrected chi connectivity index (χ1v) is 7.56. The molecule has 0 saturated heterocycles. The van der Waals surface area contributed by atoms with E-state index in [-0.39, 0.29) is 11.6 Å². The Balaban J connectivity index is 1.68. The molecular weight excluding hydrogens is 294 g/mol. The molecule has 6 heteroatoms. The highest BCUT2D eigenvalue weighted by atomic mass is 16.5. The summed E-state index contributed by atoms with van der Waals surface area (Å²) in [5.74, 6) is 0. The monoisotopic (exact) mass is 315 g/mol. The third kappa shape index (κ3) is 5.60. The molecule has 6 nitrogen and oxygen atoms in total. The van der Waals surface area contributed by atoms with Crippen LogP contribution in [0.25, 0.3) is 0 Å². The molecule has 0 aliphatic carbocycles.